The van der Waals surface area contributed by atoms with Gasteiger partial charge in [-0.3, -0.25) is 0 Å². The molecular formula is C14H32N2. The summed E-state index contributed by atoms with van der Waals surface area (Å²) in [7, 11) is 4.43. The van der Waals surface area contributed by atoms with Gasteiger partial charge in [-0.25, -0.2) is 0 Å². The molecule has 0 aliphatic rings. The molecule has 2 atom stereocenters. The summed E-state index contributed by atoms with van der Waals surface area (Å²) in [4.78, 5) is 4.86. The molecule has 0 aromatic carbocycles. The first-order valence-corrected chi connectivity index (χ1v) is 6.58. The van der Waals surface area contributed by atoms with Crippen molar-refractivity contribution in [2.45, 2.75) is 47.1 Å². The maximum absolute atomic E-state index is 2.46. The normalized spacial score (nSPS) is 16.9. The topological polar surface area (TPSA) is 6.48 Å². The first kappa shape index (κ1) is 15.9. The van der Waals surface area contributed by atoms with Gasteiger partial charge in [0.2, 0.25) is 0 Å². The van der Waals surface area contributed by atoms with Crippen LogP contribution in [0.2, 0.25) is 0 Å². The van der Waals surface area contributed by atoms with Gasteiger partial charge in [-0.1, -0.05) is 20.8 Å². The molecule has 0 amide bonds. The Morgan fingerprint density at radius 1 is 0.938 bits per heavy atom. The highest BCUT2D eigenvalue weighted by atomic mass is 15.2. The third-order valence-corrected chi connectivity index (χ3v) is 3.82. The average molecular weight is 228 g/mol. The van der Waals surface area contributed by atoms with Crippen LogP contribution in [0.15, 0.2) is 0 Å². The number of hydrogen-bond donors (Lipinski definition) is 0. The van der Waals surface area contributed by atoms with Gasteiger partial charge in [0, 0.05) is 18.6 Å². The van der Waals surface area contributed by atoms with Crippen LogP contribution in [0.3, 0.4) is 0 Å². The zero-order chi connectivity index (χ0) is 12.9. The van der Waals surface area contributed by atoms with Gasteiger partial charge in [0.15, 0.2) is 0 Å². The Morgan fingerprint density at radius 3 is 1.75 bits per heavy atom. The van der Waals surface area contributed by atoms with Gasteiger partial charge in [-0.05, 0) is 53.2 Å². The molecule has 98 valence electrons. The van der Waals surface area contributed by atoms with Crippen LogP contribution in [0.25, 0.3) is 0 Å². The van der Waals surface area contributed by atoms with Gasteiger partial charge in [-0.2, -0.15) is 0 Å². The molecule has 2 nitrogen and oxygen atoms in total. The van der Waals surface area contributed by atoms with E-state index in [2.05, 4.69) is 65.4 Å². The Kier molecular flexibility index (Phi) is 6.57. The molecular weight excluding hydrogens is 196 g/mol. The molecule has 0 aliphatic heterocycles. The highest BCUT2D eigenvalue weighted by Crippen LogP contribution is 2.18. The van der Waals surface area contributed by atoms with Crippen molar-refractivity contribution in [1.29, 1.82) is 0 Å². The molecule has 0 saturated heterocycles. The van der Waals surface area contributed by atoms with Crippen LogP contribution in [0, 0.1) is 11.8 Å². The summed E-state index contributed by atoms with van der Waals surface area (Å²) < 4.78 is 0. The Hall–Kier alpha value is -0.0800. The smallest absolute Gasteiger partial charge is 0.0122 e. The predicted octanol–water partition coefficient (Wildman–Crippen LogP) is 2.94. The van der Waals surface area contributed by atoms with Crippen LogP contribution < -0.4 is 0 Å². The molecule has 0 rings (SSSR count). The SMILES string of the molecule is CCN(C)CC(C)C(C)CN(C)C(C)(C)C. The minimum absolute atomic E-state index is 0.282. The summed E-state index contributed by atoms with van der Waals surface area (Å²) in [5.41, 5.74) is 0.282. The summed E-state index contributed by atoms with van der Waals surface area (Å²) in [6.45, 7) is 17.3. The number of hydrogen-bond acceptors (Lipinski definition) is 2. The standard InChI is InChI=1S/C14H32N2/c1-9-15(7)10-12(2)13(3)11-16(8)14(4,5)6/h12-13H,9-11H2,1-8H3. The highest BCUT2D eigenvalue weighted by Gasteiger charge is 2.22. The van der Waals surface area contributed by atoms with Crippen molar-refractivity contribution < 1.29 is 0 Å². The molecule has 0 N–H and O–H groups in total. The first-order valence-electron chi connectivity index (χ1n) is 6.58. The van der Waals surface area contributed by atoms with E-state index in [1.165, 1.54) is 13.1 Å². The van der Waals surface area contributed by atoms with Crippen LogP contribution >= 0.6 is 0 Å². The molecule has 0 spiro atoms. The summed E-state index contributed by atoms with van der Waals surface area (Å²) >= 11 is 0. The van der Waals surface area contributed by atoms with E-state index in [-0.39, 0.29) is 5.54 Å². The second-order valence-electron chi connectivity index (χ2n) is 6.36. The van der Waals surface area contributed by atoms with Gasteiger partial charge in [0.05, 0.1) is 0 Å². The lowest BCUT2D eigenvalue weighted by molar-refractivity contribution is 0.126. The fraction of sp³-hybridized carbons (Fsp3) is 1.00. The number of rotatable bonds is 6. The average Bonchev–Trinajstić information content (AvgIpc) is 2.15. The van der Waals surface area contributed by atoms with E-state index in [9.17, 15) is 0 Å². The minimum atomic E-state index is 0.282. The van der Waals surface area contributed by atoms with Crippen molar-refractivity contribution in [3.05, 3.63) is 0 Å². The molecule has 2 unspecified atom stereocenters. The molecule has 0 saturated carbocycles. The molecule has 2 heteroatoms. The summed E-state index contributed by atoms with van der Waals surface area (Å²) in [6, 6.07) is 0. The summed E-state index contributed by atoms with van der Waals surface area (Å²) in [5.74, 6) is 1.51. The van der Waals surface area contributed by atoms with Crippen molar-refractivity contribution in [3.8, 4) is 0 Å². The van der Waals surface area contributed by atoms with E-state index in [1.807, 2.05) is 0 Å². The fourth-order valence-corrected chi connectivity index (χ4v) is 1.69. The molecule has 0 fully saturated rings. The van der Waals surface area contributed by atoms with Crippen LogP contribution in [0.5, 0.6) is 0 Å². The lowest BCUT2D eigenvalue weighted by Gasteiger charge is -2.36. The largest absolute Gasteiger partial charge is 0.306 e. The first-order chi connectivity index (χ1) is 7.18. The van der Waals surface area contributed by atoms with Crippen molar-refractivity contribution in [3.63, 3.8) is 0 Å². The molecule has 0 aromatic rings. The van der Waals surface area contributed by atoms with Crippen LogP contribution in [-0.4, -0.2) is 49.1 Å². The van der Waals surface area contributed by atoms with E-state index < -0.39 is 0 Å². The maximum atomic E-state index is 2.46. The second-order valence-corrected chi connectivity index (χ2v) is 6.36. The van der Waals surface area contributed by atoms with Gasteiger partial charge in [-0.15, -0.1) is 0 Å². The van der Waals surface area contributed by atoms with Gasteiger partial charge in [0.25, 0.3) is 0 Å². The Balaban J connectivity index is 4.10. The minimum Gasteiger partial charge on any atom is -0.306 e. The van der Waals surface area contributed by atoms with Crippen LogP contribution in [0.1, 0.15) is 41.5 Å². The maximum Gasteiger partial charge on any atom is 0.0122 e. The lowest BCUT2D eigenvalue weighted by Crippen LogP contribution is -2.42. The van der Waals surface area contributed by atoms with Crippen LogP contribution in [-0.2, 0) is 0 Å². The Labute approximate surface area is 103 Å². The molecule has 16 heavy (non-hydrogen) atoms. The molecule has 0 heterocycles. The van der Waals surface area contributed by atoms with E-state index in [1.54, 1.807) is 0 Å². The third-order valence-electron chi connectivity index (χ3n) is 3.82. The van der Waals surface area contributed by atoms with Gasteiger partial charge < -0.3 is 9.80 Å². The van der Waals surface area contributed by atoms with Gasteiger partial charge >= 0.3 is 0 Å². The zero-order valence-corrected chi connectivity index (χ0v) is 12.7. The van der Waals surface area contributed by atoms with E-state index in [0.717, 1.165) is 18.4 Å². The van der Waals surface area contributed by atoms with Crippen molar-refractivity contribution in [2.24, 2.45) is 11.8 Å². The lowest BCUT2D eigenvalue weighted by atomic mass is 9.93. The van der Waals surface area contributed by atoms with E-state index in [4.69, 9.17) is 0 Å². The molecule has 0 radical (unpaired) electrons. The van der Waals surface area contributed by atoms with Crippen molar-refractivity contribution >= 4 is 0 Å². The second kappa shape index (κ2) is 6.61. The number of nitrogens with zero attached hydrogens (tertiary/aromatic N) is 2. The monoisotopic (exact) mass is 228 g/mol. The summed E-state index contributed by atoms with van der Waals surface area (Å²) in [5, 5.41) is 0. The van der Waals surface area contributed by atoms with Gasteiger partial charge in [0.1, 0.15) is 0 Å². The quantitative estimate of drug-likeness (QED) is 0.690. The van der Waals surface area contributed by atoms with Crippen molar-refractivity contribution in [1.82, 2.24) is 9.80 Å². The molecule has 0 aliphatic carbocycles. The summed E-state index contributed by atoms with van der Waals surface area (Å²) in [6.07, 6.45) is 0. The fourth-order valence-electron chi connectivity index (χ4n) is 1.69. The predicted molar refractivity (Wildman–Crippen MR) is 73.9 cm³/mol. The van der Waals surface area contributed by atoms with E-state index >= 15 is 0 Å². The van der Waals surface area contributed by atoms with Crippen molar-refractivity contribution in [2.75, 3.05) is 33.7 Å². The zero-order valence-electron chi connectivity index (χ0n) is 12.7. The van der Waals surface area contributed by atoms with Crippen LogP contribution in [0.4, 0.5) is 0 Å². The highest BCUT2D eigenvalue weighted by molar-refractivity contribution is 4.76. The Bertz CT molecular complexity index is 184. The van der Waals surface area contributed by atoms with E-state index in [0.29, 0.717) is 0 Å². The Morgan fingerprint density at radius 2 is 1.38 bits per heavy atom. The third kappa shape index (κ3) is 5.86. The molecule has 0 aromatic heterocycles. The molecule has 0 bridgehead atoms.